The summed E-state index contributed by atoms with van der Waals surface area (Å²) in [6.45, 7) is 1.95. The molecule has 0 saturated carbocycles. The van der Waals surface area contributed by atoms with Crippen molar-refractivity contribution < 1.29 is 18.0 Å². The molecule has 0 fully saturated rings. The van der Waals surface area contributed by atoms with E-state index in [2.05, 4.69) is 10.1 Å². The lowest BCUT2D eigenvalue weighted by Crippen LogP contribution is -2.39. The molecule has 5 nitrogen and oxygen atoms in total. The molecule has 1 aliphatic rings. The van der Waals surface area contributed by atoms with E-state index in [0.717, 1.165) is 16.7 Å². The van der Waals surface area contributed by atoms with Gasteiger partial charge < -0.3 is 4.90 Å². The van der Waals surface area contributed by atoms with Crippen LogP contribution in [0.3, 0.4) is 0 Å². The molecule has 4 rings (SSSR count). The third-order valence-corrected chi connectivity index (χ3v) is 5.70. The Bertz CT molecular complexity index is 1010. The van der Waals surface area contributed by atoms with Gasteiger partial charge in [-0.25, -0.2) is 9.50 Å². The zero-order chi connectivity index (χ0) is 18.6. The lowest BCUT2D eigenvalue weighted by atomic mass is 9.96. The number of carbonyl (C=O) groups excluding carboxylic acids is 1. The maximum Gasteiger partial charge on any atom is 0.417 e. The van der Waals surface area contributed by atoms with Gasteiger partial charge in [-0.3, -0.25) is 4.79 Å². The molecule has 1 aliphatic heterocycles. The van der Waals surface area contributed by atoms with Crippen molar-refractivity contribution in [1.29, 1.82) is 0 Å². The molecule has 1 amide bonds. The molecule has 0 aliphatic carbocycles. The van der Waals surface area contributed by atoms with Crippen molar-refractivity contribution >= 4 is 34.5 Å². The van der Waals surface area contributed by atoms with Gasteiger partial charge in [-0.05, 0) is 13.3 Å². The van der Waals surface area contributed by atoms with Crippen LogP contribution in [0.15, 0.2) is 23.8 Å². The highest BCUT2D eigenvalue weighted by Gasteiger charge is 2.41. The van der Waals surface area contributed by atoms with Gasteiger partial charge in [0.05, 0.1) is 22.8 Å². The van der Waals surface area contributed by atoms with E-state index in [9.17, 15) is 18.0 Å². The van der Waals surface area contributed by atoms with Gasteiger partial charge in [0, 0.05) is 34.6 Å². The van der Waals surface area contributed by atoms with Crippen molar-refractivity contribution in [3.8, 4) is 0 Å². The fourth-order valence-electron chi connectivity index (χ4n) is 3.23. The van der Waals surface area contributed by atoms with Crippen molar-refractivity contribution in [2.24, 2.45) is 0 Å². The van der Waals surface area contributed by atoms with Gasteiger partial charge in [-0.2, -0.15) is 18.3 Å². The van der Waals surface area contributed by atoms with Gasteiger partial charge in [0.15, 0.2) is 11.3 Å². The molecule has 0 spiro atoms. The summed E-state index contributed by atoms with van der Waals surface area (Å²) in [5.41, 5.74) is 0.0893. The van der Waals surface area contributed by atoms with Gasteiger partial charge in [-0.15, -0.1) is 11.3 Å². The first-order valence-electron chi connectivity index (χ1n) is 7.75. The first kappa shape index (κ1) is 17.3. The summed E-state index contributed by atoms with van der Waals surface area (Å²) in [5, 5.41) is 5.65. The van der Waals surface area contributed by atoms with Crippen molar-refractivity contribution in [2.75, 3.05) is 6.54 Å². The van der Waals surface area contributed by atoms with Crippen molar-refractivity contribution in [2.45, 2.75) is 25.6 Å². The number of hydrogen-bond donors (Lipinski definition) is 0. The van der Waals surface area contributed by atoms with E-state index in [1.165, 1.54) is 27.9 Å². The van der Waals surface area contributed by atoms with Crippen LogP contribution >= 0.6 is 22.9 Å². The Balaban J connectivity index is 1.70. The number of halogens is 4. The first-order chi connectivity index (χ1) is 12.3. The predicted octanol–water partition coefficient (Wildman–Crippen LogP) is 4.22. The minimum absolute atomic E-state index is 0.124. The van der Waals surface area contributed by atoms with Gasteiger partial charge in [0.2, 0.25) is 0 Å². The maximum absolute atomic E-state index is 13.3. The van der Waals surface area contributed by atoms with E-state index in [4.69, 9.17) is 11.6 Å². The van der Waals surface area contributed by atoms with Gasteiger partial charge in [0.1, 0.15) is 0 Å². The number of carbonyl (C=O) groups is 1. The average molecular weight is 401 g/mol. The molecule has 1 atom stereocenters. The molecule has 136 valence electrons. The average Bonchev–Trinajstić information content (AvgIpc) is 3.17. The number of nitrogens with zero attached hydrogens (tertiary/aromatic N) is 4. The SMILES string of the molecule is CC1c2c(C(F)(F)F)csc2CCN1C(=O)c1cc2ncc(Cl)cn2n1. The topological polar surface area (TPSA) is 50.5 Å². The lowest BCUT2D eigenvalue weighted by molar-refractivity contribution is -0.138. The molecule has 0 saturated heterocycles. The van der Waals surface area contributed by atoms with Crippen LogP contribution in [0.2, 0.25) is 5.02 Å². The fraction of sp³-hybridized carbons (Fsp3) is 0.312. The fourth-order valence-corrected chi connectivity index (χ4v) is 4.51. The van der Waals surface area contributed by atoms with Crippen LogP contribution < -0.4 is 0 Å². The van der Waals surface area contributed by atoms with Crippen LogP contribution in [0.1, 0.15) is 39.5 Å². The van der Waals surface area contributed by atoms with Crippen LogP contribution in [0, 0.1) is 0 Å². The van der Waals surface area contributed by atoms with Crippen LogP contribution in [0.4, 0.5) is 13.2 Å². The molecular weight excluding hydrogens is 389 g/mol. The maximum atomic E-state index is 13.3. The molecule has 26 heavy (non-hydrogen) atoms. The number of fused-ring (bicyclic) bond motifs is 2. The van der Waals surface area contributed by atoms with E-state index in [1.807, 2.05) is 0 Å². The second-order valence-electron chi connectivity index (χ2n) is 6.01. The smallest absolute Gasteiger partial charge is 0.330 e. The number of rotatable bonds is 1. The Morgan fingerprint density at radius 2 is 2.19 bits per heavy atom. The van der Waals surface area contributed by atoms with Crippen molar-refractivity contribution in [3.63, 3.8) is 0 Å². The van der Waals surface area contributed by atoms with Crippen molar-refractivity contribution in [1.82, 2.24) is 19.5 Å². The molecule has 0 aromatic carbocycles. The molecular formula is C16H12ClF3N4OS. The minimum atomic E-state index is -4.44. The quantitative estimate of drug-likeness (QED) is 0.614. The van der Waals surface area contributed by atoms with Crippen molar-refractivity contribution in [3.05, 3.63) is 50.6 Å². The van der Waals surface area contributed by atoms with Crippen LogP contribution in [0.25, 0.3) is 5.65 Å². The Hall–Kier alpha value is -2.13. The Morgan fingerprint density at radius 3 is 2.92 bits per heavy atom. The highest BCUT2D eigenvalue weighted by atomic mass is 35.5. The Morgan fingerprint density at radius 1 is 1.42 bits per heavy atom. The summed E-state index contributed by atoms with van der Waals surface area (Å²) in [6, 6.07) is 0.814. The molecule has 3 aromatic rings. The second-order valence-corrected chi connectivity index (χ2v) is 7.41. The van der Waals surface area contributed by atoms with Gasteiger partial charge in [-0.1, -0.05) is 11.6 Å². The summed E-state index contributed by atoms with van der Waals surface area (Å²) in [6.07, 6.45) is -1.10. The normalized spacial score (nSPS) is 17.6. The highest BCUT2D eigenvalue weighted by molar-refractivity contribution is 7.10. The van der Waals surface area contributed by atoms with E-state index in [-0.39, 0.29) is 11.3 Å². The number of aromatic nitrogens is 3. The number of alkyl halides is 3. The predicted molar refractivity (Wildman–Crippen MR) is 90.5 cm³/mol. The van der Waals surface area contributed by atoms with E-state index >= 15 is 0 Å². The zero-order valence-electron chi connectivity index (χ0n) is 13.4. The number of hydrogen-bond acceptors (Lipinski definition) is 4. The lowest BCUT2D eigenvalue weighted by Gasteiger charge is -2.34. The van der Waals surface area contributed by atoms with Crippen LogP contribution in [-0.4, -0.2) is 31.9 Å². The molecule has 4 heterocycles. The Labute approximate surface area is 155 Å². The molecule has 10 heteroatoms. The summed E-state index contributed by atoms with van der Waals surface area (Å²) < 4.78 is 41.2. The minimum Gasteiger partial charge on any atom is -0.330 e. The van der Waals surface area contributed by atoms with E-state index < -0.39 is 23.7 Å². The molecule has 3 aromatic heterocycles. The third kappa shape index (κ3) is 2.75. The number of thiophene rings is 1. The highest BCUT2D eigenvalue weighted by Crippen LogP contribution is 2.43. The van der Waals surface area contributed by atoms with E-state index in [1.54, 1.807) is 6.92 Å². The molecule has 0 bridgehead atoms. The molecule has 0 radical (unpaired) electrons. The second kappa shape index (κ2) is 5.95. The summed E-state index contributed by atoms with van der Waals surface area (Å²) >= 11 is 6.95. The van der Waals surface area contributed by atoms with Crippen LogP contribution in [-0.2, 0) is 12.6 Å². The third-order valence-electron chi connectivity index (χ3n) is 4.44. The molecule has 0 N–H and O–H groups in total. The summed E-state index contributed by atoms with van der Waals surface area (Å²) in [4.78, 5) is 19.0. The number of amides is 1. The monoisotopic (exact) mass is 400 g/mol. The largest absolute Gasteiger partial charge is 0.417 e. The standard InChI is InChI=1S/C16H12ClF3N4OS/c1-8-14-10(16(18,19)20)7-26-12(14)2-3-23(8)15(25)11-4-13-21-5-9(17)6-24(13)22-11/h4-8H,2-3H2,1H3. The summed E-state index contributed by atoms with van der Waals surface area (Å²) in [5.74, 6) is -0.427. The van der Waals surface area contributed by atoms with Gasteiger partial charge >= 0.3 is 6.18 Å². The van der Waals surface area contributed by atoms with Gasteiger partial charge in [0.25, 0.3) is 5.91 Å². The first-order valence-corrected chi connectivity index (χ1v) is 9.01. The molecule has 1 unspecified atom stereocenters. The van der Waals surface area contributed by atoms with Crippen LogP contribution in [0.5, 0.6) is 0 Å². The summed E-state index contributed by atoms with van der Waals surface area (Å²) in [7, 11) is 0. The zero-order valence-corrected chi connectivity index (χ0v) is 15.0. The Kier molecular flexibility index (Phi) is 3.96. The van der Waals surface area contributed by atoms with E-state index in [0.29, 0.717) is 28.5 Å².